The number of hydrogen-bond acceptors (Lipinski definition) is 5. The Morgan fingerprint density at radius 2 is 1.85 bits per heavy atom. The Kier molecular flexibility index (Phi) is 5.13. The molecule has 3 rings (SSSR count). The molecule has 7 nitrogen and oxygen atoms in total. The lowest BCUT2D eigenvalue weighted by molar-refractivity contribution is -0.384. The van der Waals surface area contributed by atoms with Gasteiger partial charge in [0, 0.05) is 17.7 Å². The van der Waals surface area contributed by atoms with Crippen molar-refractivity contribution in [2.75, 3.05) is 5.32 Å². The van der Waals surface area contributed by atoms with Crippen LogP contribution in [0.5, 0.6) is 0 Å². The number of nitrogens with one attached hydrogen (secondary N) is 1. The fraction of sp³-hybridized carbons (Fsp3) is 0. The van der Waals surface area contributed by atoms with Crippen molar-refractivity contribution in [3.63, 3.8) is 0 Å². The van der Waals surface area contributed by atoms with Gasteiger partial charge in [-0.1, -0.05) is 34.8 Å². The van der Waals surface area contributed by atoms with Crippen LogP contribution in [0.15, 0.2) is 47.1 Å². The molecular weight excluding hydrogens is 405 g/mol. The van der Waals surface area contributed by atoms with E-state index in [1.165, 1.54) is 18.4 Å². The highest BCUT2D eigenvalue weighted by molar-refractivity contribution is 6.42. The van der Waals surface area contributed by atoms with Gasteiger partial charge in [0.1, 0.15) is 6.26 Å². The number of hydrogen-bond donors (Lipinski definition) is 1. The quantitative estimate of drug-likeness (QED) is 0.453. The zero-order valence-electron chi connectivity index (χ0n) is 12.7. The summed E-state index contributed by atoms with van der Waals surface area (Å²) in [4.78, 5) is 26.5. The number of halogens is 3. The molecule has 132 valence electrons. The minimum atomic E-state index is -0.587. The first-order valence-corrected chi connectivity index (χ1v) is 8.15. The molecule has 0 atom stereocenters. The van der Waals surface area contributed by atoms with Gasteiger partial charge in [0.15, 0.2) is 5.69 Å². The van der Waals surface area contributed by atoms with Gasteiger partial charge in [0.25, 0.3) is 11.6 Å². The molecule has 0 saturated carbocycles. The summed E-state index contributed by atoms with van der Waals surface area (Å²) in [5, 5.41) is 14.0. The lowest BCUT2D eigenvalue weighted by atomic mass is 10.2. The Labute approximate surface area is 161 Å². The van der Waals surface area contributed by atoms with Gasteiger partial charge in [-0.25, -0.2) is 4.98 Å². The summed E-state index contributed by atoms with van der Waals surface area (Å²) in [6.07, 6.45) is 1.17. The van der Waals surface area contributed by atoms with Gasteiger partial charge >= 0.3 is 0 Å². The van der Waals surface area contributed by atoms with Crippen LogP contribution in [0.2, 0.25) is 15.1 Å². The Balaban J connectivity index is 1.80. The van der Waals surface area contributed by atoms with Crippen LogP contribution >= 0.6 is 34.8 Å². The Morgan fingerprint density at radius 3 is 2.50 bits per heavy atom. The van der Waals surface area contributed by atoms with E-state index in [2.05, 4.69) is 10.3 Å². The van der Waals surface area contributed by atoms with Crippen molar-refractivity contribution >= 4 is 52.1 Å². The van der Waals surface area contributed by atoms with E-state index in [-0.39, 0.29) is 28.0 Å². The fourth-order valence-corrected chi connectivity index (χ4v) is 2.57. The van der Waals surface area contributed by atoms with Gasteiger partial charge in [-0.15, -0.1) is 0 Å². The van der Waals surface area contributed by atoms with E-state index in [4.69, 9.17) is 39.2 Å². The molecule has 0 unspecified atom stereocenters. The van der Waals surface area contributed by atoms with Crippen LogP contribution < -0.4 is 5.32 Å². The predicted octanol–water partition coefficient (Wildman–Crippen LogP) is 5.46. The number of nitro benzene ring substituents is 1. The minimum absolute atomic E-state index is 0.000455. The predicted molar refractivity (Wildman–Crippen MR) is 98.0 cm³/mol. The summed E-state index contributed by atoms with van der Waals surface area (Å²) in [5.74, 6) is -0.403. The van der Waals surface area contributed by atoms with Gasteiger partial charge in [-0.2, -0.15) is 0 Å². The summed E-state index contributed by atoms with van der Waals surface area (Å²) < 4.78 is 5.29. The first-order chi connectivity index (χ1) is 12.3. The van der Waals surface area contributed by atoms with E-state index in [0.717, 1.165) is 6.07 Å². The average molecular weight is 413 g/mol. The van der Waals surface area contributed by atoms with Crippen molar-refractivity contribution in [1.82, 2.24) is 4.98 Å². The van der Waals surface area contributed by atoms with Crippen molar-refractivity contribution in [2.24, 2.45) is 0 Å². The number of nitrogens with zero attached hydrogens (tertiary/aromatic N) is 2. The number of rotatable bonds is 4. The summed E-state index contributed by atoms with van der Waals surface area (Å²) >= 11 is 17.8. The first kappa shape index (κ1) is 18.2. The van der Waals surface area contributed by atoms with Gasteiger partial charge in [-0.3, -0.25) is 14.9 Å². The molecule has 1 N–H and O–H groups in total. The van der Waals surface area contributed by atoms with E-state index >= 15 is 0 Å². The number of nitro groups is 1. The molecule has 0 saturated heterocycles. The van der Waals surface area contributed by atoms with Crippen LogP contribution in [-0.4, -0.2) is 15.8 Å². The van der Waals surface area contributed by atoms with Gasteiger partial charge in [0.05, 0.1) is 25.7 Å². The molecule has 0 aliphatic heterocycles. The summed E-state index contributed by atoms with van der Waals surface area (Å²) in [5.41, 5.74) is 0.574. The minimum Gasteiger partial charge on any atom is -0.444 e. The first-order valence-electron chi connectivity index (χ1n) is 7.01. The van der Waals surface area contributed by atoms with Crippen molar-refractivity contribution in [3.8, 4) is 11.5 Å². The largest absolute Gasteiger partial charge is 0.444 e. The second-order valence-corrected chi connectivity index (χ2v) is 6.26. The van der Waals surface area contributed by atoms with Crippen LogP contribution in [0.3, 0.4) is 0 Å². The molecule has 1 heterocycles. The number of carbonyl (C=O) groups excluding carboxylic acids is 1. The maximum atomic E-state index is 12.3. The van der Waals surface area contributed by atoms with Crippen molar-refractivity contribution in [3.05, 3.63) is 73.5 Å². The number of carbonyl (C=O) groups is 1. The molecule has 0 radical (unpaired) electrons. The molecular formula is C16H8Cl3N3O4. The Hall–Kier alpha value is -2.61. The molecule has 2 aromatic carbocycles. The van der Waals surface area contributed by atoms with Crippen LogP contribution in [0, 0.1) is 10.1 Å². The monoisotopic (exact) mass is 411 g/mol. The SMILES string of the molecule is O=C(Nc1ccc([N+](=O)[O-])cc1Cl)c1coc(-c2ccc(Cl)c(Cl)c2)n1. The third-order valence-electron chi connectivity index (χ3n) is 3.32. The summed E-state index contributed by atoms with van der Waals surface area (Å²) in [6.45, 7) is 0. The lowest BCUT2D eigenvalue weighted by Gasteiger charge is -2.05. The number of benzene rings is 2. The zero-order chi connectivity index (χ0) is 18.8. The smallest absolute Gasteiger partial charge is 0.277 e. The van der Waals surface area contributed by atoms with E-state index in [0.29, 0.717) is 15.6 Å². The molecule has 3 aromatic rings. The molecule has 10 heteroatoms. The zero-order valence-corrected chi connectivity index (χ0v) is 15.0. The third kappa shape index (κ3) is 3.80. The highest BCUT2D eigenvalue weighted by Gasteiger charge is 2.17. The number of non-ortho nitro benzene ring substituents is 1. The second kappa shape index (κ2) is 7.33. The number of anilines is 1. The van der Waals surface area contributed by atoms with Crippen molar-refractivity contribution < 1.29 is 14.1 Å². The van der Waals surface area contributed by atoms with Crippen molar-refractivity contribution in [1.29, 1.82) is 0 Å². The third-order valence-corrected chi connectivity index (χ3v) is 4.37. The highest BCUT2D eigenvalue weighted by Crippen LogP contribution is 2.29. The normalized spacial score (nSPS) is 10.6. The topological polar surface area (TPSA) is 98.3 Å². The highest BCUT2D eigenvalue weighted by atomic mass is 35.5. The van der Waals surface area contributed by atoms with Gasteiger partial charge in [-0.05, 0) is 24.3 Å². The molecule has 0 aliphatic carbocycles. The second-order valence-electron chi connectivity index (χ2n) is 5.04. The maximum Gasteiger partial charge on any atom is 0.277 e. The number of aromatic nitrogens is 1. The molecule has 0 bridgehead atoms. The van der Waals surface area contributed by atoms with Crippen molar-refractivity contribution in [2.45, 2.75) is 0 Å². The maximum absolute atomic E-state index is 12.3. The number of oxazole rings is 1. The van der Waals surface area contributed by atoms with E-state index in [1.807, 2.05) is 0 Å². The molecule has 1 amide bonds. The Bertz CT molecular complexity index is 1020. The number of amides is 1. The van der Waals surface area contributed by atoms with E-state index < -0.39 is 10.8 Å². The van der Waals surface area contributed by atoms with Crippen LogP contribution in [0.4, 0.5) is 11.4 Å². The standard InChI is InChI=1S/C16H8Cl3N3O4/c17-10-3-1-8(5-11(10)18)16-21-14(7-26-16)15(23)20-13-4-2-9(22(24)25)6-12(13)19/h1-7H,(H,20,23). The molecule has 0 spiro atoms. The average Bonchev–Trinajstić information content (AvgIpc) is 3.09. The molecule has 0 aliphatic rings. The van der Waals surface area contributed by atoms with Gasteiger partial charge in [0.2, 0.25) is 5.89 Å². The molecule has 0 fully saturated rings. The Morgan fingerprint density at radius 1 is 1.08 bits per heavy atom. The lowest BCUT2D eigenvalue weighted by Crippen LogP contribution is -2.12. The van der Waals surface area contributed by atoms with Crippen LogP contribution in [0.25, 0.3) is 11.5 Å². The molecule has 26 heavy (non-hydrogen) atoms. The summed E-state index contributed by atoms with van der Waals surface area (Å²) in [7, 11) is 0. The van der Waals surface area contributed by atoms with Gasteiger partial charge < -0.3 is 9.73 Å². The summed E-state index contributed by atoms with van der Waals surface area (Å²) in [6, 6.07) is 8.49. The van der Waals surface area contributed by atoms with E-state index in [1.54, 1.807) is 18.2 Å². The van der Waals surface area contributed by atoms with Crippen LogP contribution in [0.1, 0.15) is 10.5 Å². The molecule has 1 aromatic heterocycles. The van der Waals surface area contributed by atoms with E-state index in [9.17, 15) is 14.9 Å². The fourth-order valence-electron chi connectivity index (χ4n) is 2.05. The van der Waals surface area contributed by atoms with Crippen LogP contribution in [-0.2, 0) is 0 Å².